The first-order chi connectivity index (χ1) is 12.1. The smallest absolute Gasteiger partial charge is 0.180 e. The molecule has 0 amide bonds. The number of aryl methyl sites for hydroxylation is 2. The van der Waals surface area contributed by atoms with E-state index in [1.165, 1.54) is 12.1 Å². The molecule has 3 aromatic rings. The summed E-state index contributed by atoms with van der Waals surface area (Å²) in [6, 6.07) is 8.16. The van der Waals surface area contributed by atoms with E-state index in [1.807, 2.05) is 19.2 Å². The van der Waals surface area contributed by atoms with Crippen molar-refractivity contribution in [3.05, 3.63) is 64.9 Å². The number of ether oxygens (including phenoxy) is 1. The molecule has 0 saturated carbocycles. The summed E-state index contributed by atoms with van der Waals surface area (Å²) in [7, 11) is 0. The minimum atomic E-state index is -0.674. The van der Waals surface area contributed by atoms with E-state index in [4.69, 9.17) is 4.74 Å². The van der Waals surface area contributed by atoms with Crippen LogP contribution in [0.25, 0.3) is 5.65 Å². The fourth-order valence-corrected chi connectivity index (χ4v) is 3.50. The highest BCUT2D eigenvalue weighted by atomic mass is 19.1. The molecule has 130 valence electrons. The molecule has 0 radical (unpaired) electrons. The number of aliphatic hydroxyl groups excluding tert-OH is 2. The molecule has 0 aliphatic heterocycles. The molecular weight excluding hydrogens is 323 g/mol. The summed E-state index contributed by atoms with van der Waals surface area (Å²) in [5.41, 5.74) is 3.67. The second-order valence-electron chi connectivity index (χ2n) is 6.36. The van der Waals surface area contributed by atoms with Crippen molar-refractivity contribution in [2.45, 2.75) is 38.6 Å². The molecule has 2 aromatic heterocycles. The van der Waals surface area contributed by atoms with Crippen LogP contribution in [0.15, 0.2) is 36.5 Å². The summed E-state index contributed by atoms with van der Waals surface area (Å²) >= 11 is 0. The van der Waals surface area contributed by atoms with Crippen molar-refractivity contribution < 1.29 is 19.3 Å². The number of pyridine rings is 1. The molecule has 6 heteroatoms. The lowest BCUT2D eigenvalue weighted by atomic mass is 9.87. The molecule has 1 aliphatic rings. The molecule has 4 rings (SSSR count). The number of hydrogen-bond acceptors (Lipinski definition) is 4. The quantitative estimate of drug-likeness (QED) is 0.768. The average Bonchev–Trinajstić information content (AvgIpc) is 2.93. The minimum Gasteiger partial charge on any atom is -0.479 e. The van der Waals surface area contributed by atoms with Crippen LogP contribution in [0.4, 0.5) is 4.39 Å². The molecule has 1 aromatic carbocycles. The normalized spacial score (nSPS) is 19.8. The van der Waals surface area contributed by atoms with Crippen molar-refractivity contribution in [3.8, 4) is 5.75 Å². The average molecular weight is 342 g/mol. The number of fused-ring (bicyclic) bond motifs is 2. The summed E-state index contributed by atoms with van der Waals surface area (Å²) in [5, 5.41) is 20.0. The van der Waals surface area contributed by atoms with E-state index < -0.39 is 12.2 Å². The van der Waals surface area contributed by atoms with Gasteiger partial charge in [-0.15, -0.1) is 0 Å². The predicted octanol–water partition coefficient (Wildman–Crippen LogP) is 2.70. The van der Waals surface area contributed by atoms with Crippen LogP contribution in [0.5, 0.6) is 5.75 Å². The summed E-state index contributed by atoms with van der Waals surface area (Å²) in [6.07, 6.45) is 1.69. The number of aliphatic hydroxyl groups is 2. The van der Waals surface area contributed by atoms with Gasteiger partial charge in [-0.2, -0.15) is 0 Å². The van der Waals surface area contributed by atoms with Gasteiger partial charge in [-0.05, 0) is 55.2 Å². The first-order valence-corrected chi connectivity index (χ1v) is 8.29. The number of benzene rings is 1. The van der Waals surface area contributed by atoms with E-state index in [0.29, 0.717) is 29.9 Å². The van der Waals surface area contributed by atoms with Gasteiger partial charge in [0.2, 0.25) is 0 Å². The Labute approximate surface area is 144 Å². The Balaban J connectivity index is 1.77. The second-order valence-corrected chi connectivity index (χ2v) is 6.36. The molecule has 2 N–H and O–H groups in total. The lowest BCUT2D eigenvalue weighted by Gasteiger charge is -2.30. The van der Waals surface area contributed by atoms with Crippen LogP contribution in [0.1, 0.15) is 35.0 Å². The van der Waals surface area contributed by atoms with Crippen molar-refractivity contribution >= 4 is 5.65 Å². The number of nitrogens with zero attached hydrogens (tertiary/aromatic N) is 2. The first-order valence-electron chi connectivity index (χ1n) is 8.29. The molecule has 2 atom stereocenters. The monoisotopic (exact) mass is 342 g/mol. The fraction of sp³-hybridized carbons (Fsp3) is 0.316. The van der Waals surface area contributed by atoms with Crippen LogP contribution < -0.4 is 4.74 Å². The van der Waals surface area contributed by atoms with E-state index in [1.54, 1.807) is 16.5 Å². The van der Waals surface area contributed by atoms with Gasteiger partial charge < -0.3 is 14.9 Å². The third-order valence-electron chi connectivity index (χ3n) is 4.79. The van der Waals surface area contributed by atoms with Gasteiger partial charge in [0.15, 0.2) is 11.4 Å². The largest absolute Gasteiger partial charge is 0.479 e. The number of rotatable bonds is 3. The van der Waals surface area contributed by atoms with Crippen LogP contribution >= 0.6 is 0 Å². The van der Waals surface area contributed by atoms with Crippen molar-refractivity contribution in [2.24, 2.45) is 0 Å². The zero-order valence-corrected chi connectivity index (χ0v) is 13.8. The SMILES string of the molecule is Cc1nc2c(OC3c4ccc(F)cc4CCC3O)cccn2c1CO. The number of aromatic nitrogens is 2. The topological polar surface area (TPSA) is 67.0 Å². The Morgan fingerprint density at radius 3 is 3.00 bits per heavy atom. The van der Waals surface area contributed by atoms with Gasteiger partial charge in [-0.25, -0.2) is 9.37 Å². The Hall–Kier alpha value is -2.44. The maximum Gasteiger partial charge on any atom is 0.180 e. The Kier molecular flexibility index (Phi) is 3.94. The third kappa shape index (κ3) is 2.67. The molecule has 2 unspecified atom stereocenters. The second kappa shape index (κ2) is 6.13. The lowest BCUT2D eigenvalue weighted by molar-refractivity contribution is 0.0233. The van der Waals surface area contributed by atoms with Gasteiger partial charge in [0.25, 0.3) is 0 Å². The highest BCUT2D eigenvalue weighted by Gasteiger charge is 2.31. The molecular formula is C19H19FN2O3. The van der Waals surface area contributed by atoms with Crippen molar-refractivity contribution in [2.75, 3.05) is 0 Å². The number of hydrogen-bond donors (Lipinski definition) is 2. The Bertz CT molecular complexity index is 938. The summed E-state index contributed by atoms with van der Waals surface area (Å²) in [5.74, 6) is 0.235. The molecule has 1 aliphatic carbocycles. The van der Waals surface area contributed by atoms with Gasteiger partial charge in [0.05, 0.1) is 24.1 Å². The summed E-state index contributed by atoms with van der Waals surface area (Å²) in [6.45, 7) is 1.71. The van der Waals surface area contributed by atoms with Gasteiger partial charge >= 0.3 is 0 Å². The summed E-state index contributed by atoms with van der Waals surface area (Å²) in [4.78, 5) is 4.48. The predicted molar refractivity (Wildman–Crippen MR) is 89.9 cm³/mol. The standard InChI is InChI=1S/C19H19FN2O3/c1-11-15(10-23)22-8-2-3-17(19(22)21-11)25-18-14-6-5-13(20)9-12(14)4-7-16(18)24/h2-3,5-6,8-9,16,18,23-24H,4,7,10H2,1H3. The van der Waals surface area contributed by atoms with Crippen molar-refractivity contribution in [3.63, 3.8) is 0 Å². The lowest BCUT2D eigenvalue weighted by Crippen LogP contribution is -2.29. The zero-order chi connectivity index (χ0) is 17.6. The van der Waals surface area contributed by atoms with Crippen LogP contribution in [0.2, 0.25) is 0 Å². The Morgan fingerprint density at radius 1 is 1.36 bits per heavy atom. The molecule has 0 fully saturated rings. The molecule has 0 spiro atoms. The van der Waals surface area contributed by atoms with E-state index in [0.717, 1.165) is 16.8 Å². The van der Waals surface area contributed by atoms with Crippen molar-refractivity contribution in [1.29, 1.82) is 0 Å². The van der Waals surface area contributed by atoms with E-state index in [2.05, 4.69) is 4.98 Å². The van der Waals surface area contributed by atoms with Gasteiger partial charge in [-0.3, -0.25) is 4.40 Å². The highest BCUT2D eigenvalue weighted by Crippen LogP contribution is 2.35. The van der Waals surface area contributed by atoms with Crippen LogP contribution in [-0.4, -0.2) is 25.7 Å². The molecule has 25 heavy (non-hydrogen) atoms. The molecule has 2 heterocycles. The molecule has 0 bridgehead atoms. The minimum absolute atomic E-state index is 0.120. The van der Waals surface area contributed by atoms with E-state index >= 15 is 0 Å². The highest BCUT2D eigenvalue weighted by molar-refractivity contribution is 5.56. The maximum atomic E-state index is 13.5. The van der Waals surface area contributed by atoms with Crippen LogP contribution in [0.3, 0.4) is 0 Å². The van der Waals surface area contributed by atoms with Gasteiger partial charge in [-0.1, -0.05) is 6.07 Å². The summed E-state index contributed by atoms with van der Waals surface area (Å²) < 4.78 is 21.4. The molecule has 0 saturated heterocycles. The number of halogens is 1. The van der Waals surface area contributed by atoms with Crippen LogP contribution in [-0.2, 0) is 13.0 Å². The third-order valence-corrected chi connectivity index (χ3v) is 4.79. The van der Waals surface area contributed by atoms with Crippen molar-refractivity contribution in [1.82, 2.24) is 9.38 Å². The molecule has 5 nitrogen and oxygen atoms in total. The first kappa shape index (κ1) is 16.1. The Morgan fingerprint density at radius 2 is 2.20 bits per heavy atom. The van der Waals surface area contributed by atoms with Gasteiger partial charge in [0.1, 0.15) is 11.9 Å². The van der Waals surface area contributed by atoms with E-state index in [9.17, 15) is 14.6 Å². The maximum absolute atomic E-state index is 13.5. The number of imidazole rings is 1. The fourth-order valence-electron chi connectivity index (χ4n) is 3.50. The van der Waals surface area contributed by atoms with E-state index in [-0.39, 0.29) is 12.4 Å². The van der Waals surface area contributed by atoms with Crippen LogP contribution in [0, 0.1) is 12.7 Å². The zero-order valence-electron chi connectivity index (χ0n) is 13.8. The van der Waals surface area contributed by atoms with Gasteiger partial charge in [0, 0.05) is 6.20 Å².